The number of hydrogen-bond donors (Lipinski definition) is 2. The lowest BCUT2D eigenvalue weighted by atomic mass is 10.2. The summed E-state index contributed by atoms with van der Waals surface area (Å²) in [6.07, 6.45) is 4.57. The normalized spacial score (nSPS) is 11.7. The fourth-order valence-electron chi connectivity index (χ4n) is 3.14. The Kier molecular flexibility index (Phi) is 6.28. The number of aliphatic imine (C=N–C) groups is 1. The Morgan fingerprint density at radius 2 is 1.83 bits per heavy atom. The van der Waals surface area contributed by atoms with Gasteiger partial charge < -0.3 is 15.2 Å². The molecule has 0 radical (unpaired) electrons. The minimum Gasteiger partial charge on any atom is -0.355 e. The van der Waals surface area contributed by atoms with Crippen LogP contribution in [0.2, 0.25) is 0 Å². The Morgan fingerprint density at radius 3 is 2.70 bits per heavy atom. The minimum atomic E-state index is 0.513. The van der Waals surface area contributed by atoms with E-state index >= 15 is 0 Å². The Hall–Kier alpha value is -3.75. The van der Waals surface area contributed by atoms with Gasteiger partial charge in [0.2, 0.25) is 0 Å². The fourth-order valence-corrected chi connectivity index (χ4v) is 3.14. The predicted molar refractivity (Wildman–Crippen MR) is 115 cm³/mol. The van der Waals surface area contributed by atoms with Crippen molar-refractivity contribution in [3.05, 3.63) is 78.3 Å². The first-order chi connectivity index (χ1) is 14.8. The van der Waals surface area contributed by atoms with Gasteiger partial charge in [0.1, 0.15) is 12.2 Å². The molecule has 1 aromatic carbocycles. The summed E-state index contributed by atoms with van der Waals surface area (Å²) in [5, 5.41) is 23.4. The van der Waals surface area contributed by atoms with Crippen molar-refractivity contribution in [2.24, 2.45) is 4.99 Å². The van der Waals surface area contributed by atoms with E-state index in [4.69, 9.17) is 4.99 Å². The molecular formula is C21H25N9. The standard InChI is InChI=1S/C21H25N9/c1-2-18-26-25-16-29(18)13-11-22-21(23-14-17-8-4-3-5-9-17)24-15-20-28-27-19-10-6-7-12-30(19)20/h3-10,12,16H,2,11,13-15H2,1H3,(H2,22,23,24). The molecule has 0 atom stereocenters. The van der Waals surface area contributed by atoms with E-state index in [9.17, 15) is 0 Å². The number of fused-ring (bicyclic) bond motifs is 1. The van der Waals surface area contributed by atoms with Crippen LogP contribution < -0.4 is 10.6 Å². The predicted octanol–water partition coefficient (Wildman–Crippen LogP) is 1.82. The maximum atomic E-state index is 4.73. The van der Waals surface area contributed by atoms with Crippen LogP contribution in [0.25, 0.3) is 5.65 Å². The summed E-state index contributed by atoms with van der Waals surface area (Å²) < 4.78 is 4.01. The molecular weight excluding hydrogens is 378 g/mol. The number of nitrogens with zero attached hydrogens (tertiary/aromatic N) is 7. The summed E-state index contributed by atoms with van der Waals surface area (Å²) in [7, 11) is 0. The minimum absolute atomic E-state index is 0.513. The number of aromatic nitrogens is 6. The summed E-state index contributed by atoms with van der Waals surface area (Å²) in [6, 6.07) is 16.0. The van der Waals surface area contributed by atoms with Crippen LogP contribution in [0.4, 0.5) is 0 Å². The van der Waals surface area contributed by atoms with Crippen molar-refractivity contribution in [1.29, 1.82) is 0 Å². The van der Waals surface area contributed by atoms with Crippen molar-refractivity contribution in [2.75, 3.05) is 6.54 Å². The lowest BCUT2D eigenvalue weighted by Crippen LogP contribution is -2.39. The van der Waals surface area contributed by atoms with Crippen LogP contribution in [0, 0.1) is 0 Å². The van der Waals surface area contributed by atoms with Crippen LogP contribution >= 0.6 is 0 Å². The van der Waals surface area contributed by atoms with Crippen LogP contribution in [-0.2, 0) is 26.1 Å². The van der Waals surface area contributed by atoms with Gasteiger partial charge in [0.05, 0.1) is 13.1 Å². The van der Waals surface area contributed by atoms with Crippen LogP contribution in [0.3, 0.4) is 0 Å². The number of benzene rings is 1. The number of guanidine groups is 1. The first kappa shape index (κ1) is 19.6. The van der Waals surface area contributed by atoms with E-state index < -0.39 is 0 Å². The molecule has 4 rings (SSSR count). The maximum absolute atomic E-state index is 4.73. The second kappa shape index (κ2) is 9.64. The van der Waals surface area contributed by atoms with E-state index in [-0.39, 0.29) is 0 Å². The van der Waals surface area contributed by atoms with E-state index in [1.807, 2.05) is 51.6 Å². The van der Waals surface area contributed by atoms with Gasteiger partial charge in [-0.25, -0.2) is 4.99 Å². The second-order valence-corrected chi connectivity index (χ2v) is 6.77. The molecule has 0 amide bonds. The zero-order chi connectivity index (χ0) is 20.6. The van der Waals surface area contributed by atoms with E-state index in [0.29, 0.717) is 19.6 Å². The maximum Gasteiger partial charge on any atom is 0.192 e. The summed E-state index contributed by atoms with van der Waals surface area (Å²) in [6.45, 7) is 4.63. The van der Waals surface area contributed by atoms with Gasteiger partial charge in [-0.2, -0.15) is 0 Å². The van der Waals surface area contributed by atoms with Gasteiger partial charge in [0, 0.05) is 25.7 Å². The molecule has 0 bridgehead atoms. The van der Waals surface area contributed by atoms with Gasteiger partial charge in [-0.1, -0.05) is 43.3 Å². The van der Waals surface area contributed by atoms with Crippen molar-refractivity contribution < 1.29 is 0 Å². The monoisotopic (exact) mass is 403 g/mol. The topological polar surface area (TPSA) is 97.3 Å². The average molecular weight is 403 g/mol. The van der Waals surface area contributed by atoms with Gasteiger partial charge in [0.25, 0.3) is 0 Å². The average Bonchev–Trinajstić information content (AvgIpc) is 3.42. The molecule has 2 N–H and O–H groups in total. The first-order valence-electron chi connectivity index (χ1n) is 10.0. The number of pyridine rings is 1. The number of nitrogens with one attached hydrogen (secondary N) is 2. The molecule has 9 nitrogen and oxygen atoms in total. The third-order valence-corrected chi connectivity index (χ3v) is 4.72. The summed E-state index contributed by atoms with van der Waals surface area (Å²) >= 11 is 0. The molecule has 0 saturated heterocycles. The van der Waals surface area contributed by atoms with Crippen molar-refractivity contribution in [2.45, 2.75) is 33.0 Å². The molecule has 0 aliphatic heterocycles. The summed E-state index contributed by atoms with van der Waals surface area (Å²) in [4.78, 5) is 4.73. The Bertz CT molecular complexity index is 1100. The highest BCUT2D eigenvalue weighted by Gasteiger charge is 2.07. The lowest BCUT2D eigenvalue weighted by molar-refractivity contribution is 0.629. The smallest absolute Gasteiger partial charge is 0.192 e. The van der Waals surface area contributed by atoms with Gasteiger partial charge in [0.15, 0.2) is 17.4 Å². The van der Waals surface area contributed by atoms with Crippen LogP contribution in [0.5, 0.6) is 0 Å². The van der Waals surface area contributed by atoms with E-state index in [2.05, 4.69) is 50.1 Å². The number of hydrogen-bond acceptors (Lipinski definition) is 5. The number of aryl methyl sites for hydroxylation is 1. The highest BCUT2D eigenvalue weighted by Crippen LogP contribution is 2.03. The summed E-state index contributed by atoms with van der Waals surface area (Å²) in [5.41, 5.74) is 1.98. The Morgan fingerprint density at radius 1 is 0.967 bits per heavy atom. The van der Waals surface area contributed by atoms with Crippen molar-refractivity contribution in [3.63, 3.8) is 0 Å². The van der Waals surface area contributed by atoms with E-state index in [1.165, 1.54) is 0 Å². The van der Waals surface area contributed by atoms with Crippen molar-refractivity contribution in [1.82, 2.24) is 40.0 Å². The second-order valence-electron chi connectivity index (χ2n) is 6.77. The highest BCUT2D eigenvalue weighted by atomic mass is 15.3. The third-order valence-electron chi connectivity index (χ3n) is 4.72. The van der Waals surface area contributed by atoms with E-state index in [1.54, 1.807) is 6.33 Å². The van der Waals surface area contributed by atoms with Crippen molar-refractivity contribution >= 4 is 11.6 Å². The van der Waals surface area contributed by atoms with Crippen molar-refractivity contribution in [3.8, 4) is 0 Å². The van der Waals surface area contributed by atoms with Gasteiger partial charge in [-0.05, 0) is 17.7 Å². The molecule has 30 heavy (non-hydrogen) atoms. The molecule has 3 aromatic heterocycles. The van der Waals surface area contributed by atoms with Crippen LogP contribution in [0.1, 0.15) is 24.1 Å². The molecule has 0 aliphatic carbocycles. The molecule has 0 saturated carbocycles. The largest absolute Gasteiger partial charge is 0.355 e. The molecule has 0 aliphatic rings. The van der Waals surface area contributed by atoms with Gasteiger partial charge in [-0.15, -0.1) is 20.4 Å². The van der Waals surface area contributed by atoms with Gasteiger partial charge >= 0.3 is 0 Å². The number of rotatable bonds is 8. The van der Waals surface area contributed by atoms with Crippen LogP contribution in [0.15, 0.2) is 66.0 Å². The molecule has 154 valence electrons. The van der Waals surface area contributed by atoms with E-state index in [0.717, 1.165) is 41.8 Å². The Balaban J connectivity index is 1.42. The summed E-state index contributed by atoms with van der Waals surface area (Å²) in [5.74, 6) is 2.52. The SMILES string of the molecule is CCc1nncn1CCNC(=NCc1ccccc1)NCc1nnc2ccccn12. The first-order valence-corrected chi connectivity index (χ1v) is 10.0. The molecule has 3 heterocycles. The zero-order valence-electron chi connectivity index (χ0n) is 16.9. The lowest BCUT2D eigenvalue weighted by Gasteiger charge is -2.13. The molecule has 4 aromatic rings. The molecule has 0 spiro atoms. The van der Waals surface area contributed by atoms with Crippen LogP contribution in [-0.4, -0.2) is 41.9 Å². The molecule has 0 fully saturated rings. The molecule has 9 heteroatoms. The Labute approximate surface area is 174 Å². The third kappa shape index (κ3) is 4.80. The zero-order valence-corrected chi connectivity index (χ0v) is 16.9. The quantitative estimate of drug-likeness (QED) is 0.344. The highest BCUT2D eigenvalue weighted by molar-refractivity contribution is 5.79. The molecule has 0 unspecified atom stereocenters. The fraction of sp³-hybridized carbons (Fsp3) is 0.286. The van der Waals surface area contributed by atoms with Gasteiger partial charge in [-0.3, -0.25) is 4.40 Å².